The third kappa shape index (κ3) is 1.63. The first-order valence-electron chi connectivity index (χ1n) is 2.92. The minimum atomic E-state index is -2.76. The van der Waals surface area contributed by atoms with Gasteiger partial charge in [-0.25, -0.2) is 8.78 Å². The van der Waals surface area contributed by atoms with E-state index in [0.717, 1.165) is 0 Å². The number of H-pyrrole nitrogens is 1. The third-order valence-electron chi connectivity index (χ3n) is 1.22. The molecule has 0 unspecified atom stereocenters. The zero-order valence-electron chi connectivity index (χ0n) is 5.64. The van der Waals surface area contributed by atoms with Crippen molar-refractivity contribution < 1.29 is 13.9 Å². The van der Waals surface area contributed by atoms with Crippen molar-refractivity contribution in [3.8, 4) is 5.75 Å². The molecule has 0 bridgehead atoms. The summed E-state index contributed by atoms with van der Waals surface area (Å²) in [5.74, 6) is -0.598. The Morgan fingerprint density at radius 2 is 2.17 bits per heavy atom. The topological polar surface area (TPSA) is 53.1 Å². The van der Waals surface area contributed by atoms with Crippen molar-refractivity contribution in [2.24, 2.45) is 0 Å². The van der Waals surface area contributed by atoms with Gasteiger partial charge in [-0.15, -0.1) is 0 Å². The number of aromatic nitrogens is 1. The summed E-state index contributed by atoms with van der Waals surface area (Å²) in [5, 5.41) is 8.88. The highest BCUT2D eigenvalue weighted by Gasteiger charge is 2.12. The van der Waals surface area contributed by atoms with Gasteiger partial charge in [0.25, 0.3) is 6.43 Å². The van der Waals surface area contributed by atoms with Crippen molar-refractivity contribution in [1.82, 2.24) is 4.98 Å². The van der Waals surface area contributed by atoms with E-state index in [-0.39, 0.29) is 4.60 Å². The Morgan fingerprint density at radius 1 is 1.58 bits per heavy atom. The lowest BCUT2D eigenvalue weighted by atomic mass is 10.3. The molecule has 0 aliphatic rings. The normalized spacial score (nSPS) is 10.7. The average molecular weight is 240 g/mol. The van der Waals surface area contributed by atoms with Crippen molar-refractivity contribution in [3.63, 3.8) is 0 Å². The number of aromatic hydroxyl groups is 1. The van der Waals surface area contributed by atoms with Gasteiger partial charge in [0.2, 0.25) is 5.43 Å². The van der Waals surface area contributed by atoms with Crippen LogP contribution in [0.2, 0.25) is 0 Å². The van der Waals surface area contributed by atoms with Gasteiger partial charge in [0.15, 0.2) is 5.75 Å². The van der Waals surface area contributed by atoms with E-state index in [9.17, 15) is 13.6 Å². The lowest BCUT2D eigenvalue weighted by Crippen LogP contribution is -2.04. The van der Waals surface area contributed by atoms with Crippen molar-refractivity contribution in [2.75, 3.05) is 0 Å². The van der Waals surface area contributed by atoms with Gasteiger partial charge < -0.3 is 10.1 Å². The van der Waals surface area contributed by atoms with Gasteiger partial charge in [-0.2, -0.15) is 0 Å². The molecule has 3 nitrogen and oxygen atoms in total. The summed E-state index contributed by atoms with van der Waals surface area (Å²) < 4.78 is 23.8. The second kappa shape index (κ2) is 3.22. The summed E-state index contributed by atoms with van der Waals surface area (Å²) in [6, 6.07) is 0.657. The predicted molar refractivity (Wildman–Crippen MR) is 41.4 cm³/mol. The number of nitrogens with one attached hydrogen (secondary N) is 1. The third-order valence-corrected chi connectivity index (χ3v) is 1.79. The molecule has 0 aromatic carbocycles. The number of pyridine rings is 1. The number of hydrogen-bond acceptors (Lipinski definition) is 2. The molecule has 0 spiro atoms. The second-order valence-corrected chi connectivity index (χ2v) is 2.85. The fourth-order valence-electron chi connectivity index (χ4n) is 0.657. The minimum Gasteiger partial charge on any atom is -0.502 e. The van der Waals surface area contributed by atoms with E-state index in [4.69, 9.17) is 5.11 Å². The fraction of sp³-hybridized carbons (Fsp3) is 0.167. The predicted octanol–water partition coefficient (Wildman–Crippen LogP) is 1.78. The zero-order chi connectivity index (χ0) is 9.30. The Kier molecular flexibility index (Phi) is 2.46. The van der Waals surface area contributed by atoms with Crippen LogP contribution < -0.4 is 5.43 Å². The Hall–Kier alpha value is -0.910. The largest absolute Gasteiger partial charge is 0.502 e. The number of aromatic amines is 1. The lowest BCUT2D eigenvalue weighted by Gasteiger charge is -2.01. The van der Waals surface area contributed by atoms with E-state index < -0.39 is 23.3 Å². The van der Waals surface area contributed by atoms with Crippen molar-refractivity contribution in [1.29, 1.82) is 0 Å². The molecule has 1 rings (SSSR count). The van der Waals surface area contributed by atoms with Gasteiger partial charge in [0, 0.05) is 6.07 Å². The number of hydrogen-bond donors (Lipinski definition) is 2. The van der Waals surface area contributed by atoms with Gasteiger partial charge in [0.1, 0.15) is 4.60 Å². The molecule has 0 saturated carbocycles. The summed E-state index contributed by atoms with van der Waals surface area (Å²) in [4.78, 5) is 12.9. The van der Waals surface area contributed by atoms with Gasteiger partial charge in [-0.3, -0.25) is 4.79 Å². The van der Waals surface area contributed by atoms with E-state index in [1.807, 2.05) is 0 Å². The van der Waals surface area contributed by atoms with Crippen molar-refractivity contribution in [2.45, 2.75) is 6.43 Å². The monoisotopic (exact) mass is 239 g/mol. The molecule has 1 aromatic rings. The maximum absolute atomic E-state index is 12.0. The number of alkyl halides is 2. The summed E-state index contributed by atoms with van der Waals surface area (Å²) in [7, 11) is 0. The van der Waals surface area contributed by atoms with Crippen LogP contribution in [0, 0.1) is 0 Å². The first-order valence-corrected chi connectivity index (χ1v) is 3.71. The highest BCUT2D eigenvalue weighted by molar-refractivity contribution is 9.10. The van der Waals surface area contributed by atoms with Crippen LogP contribution >= 0.6 is 15.9 Å². The summed E-state index contributed by atoms with van der Waals surface area (Å²) in [5.41, 5.74) is -1.36. The Labute approximate surface area is 74.2 Å². The van der Waals surface area contributed by atoms with Crippen LogP contribution in [0.15, 0.2) is 15.5 Å². The fourth-order valence-corrected chi connectivity index (χ4v) is 1.08. The van der Waals surface area contributed by atoms with Gasteiger partial charge >= 0.3 is 0 Å². The Morgan fingerprint density at radius 3 is 2.58 bits per heavy atom. The van der Waals surface area contributed by atoms with E-state index in [0.29, 0.717) is 6.07 Å². The molecule has 0 fully saturated rings. The molecule has 2 N–H and O–H groups in total. The van der Waals surface area contributed by atoms with Crippen LogP contribution in [0.5, 0.6) is 5.75 Å². The van der Waals surface area contributed by atoms with E-state index in [1.54, 1.807) is 0 Å². The molecular weight excluding hydrogens is 236 g/mol. The quantitative estimate of drug-likeness (QED) is 0.735. The Balaban J connectivity index is 3.31. The first kappa shape index (κ1) is 9.18. The molecule has 0 radical (unpaired) electrons. The zero-order valence-corrected chi connectivity index (χ0v) is 7.23. The van der Waals surface area contributed by atoms with E-state index in [1.165, 1.54) is 0 Å². The van der Waals surface area contributed by atoms with Gasteiger partial charge in [-0.1, -0.05) is 0 Å². The van der Waals surface area contributed by atoms with E-state index in [2.05, 4.69) is 20.9 Å². The summed E-state index contributed by atoms with van der Waals surface area (Å²) in [6.45, 7) is 0. The Bertz CT molecular complexity index is 350. The van der Waals surface area contributed by atoms with Crippen LogP contribution in [-0.4, -0.2) is 10.1 Å². The van der Waals surface area contributed by atoms with Crippen LogP contribution in [0.25, 0.3) is 0 Å². The maximum Gasteiger partial charge on any atom is 0.278 e. The highest BCUT2D eigenvalue weighted by atomic mass is 79.9. The van der Waals surface area contributed by atoms with Crippen LogP contribution in [0.4, 0.5) is 8.78 Å². The van der Waals surface area contributed by atoms with E-state index >= 15 is 0 Å². The van der Waals surface area contributed by atoms with Crippen molar-refractivity contribution in [3.05, 3.63) is 26.6 Å². The van der Waals surface area contributed by atoms with Gasteiger partial charge in [0.05, 0.1) is 5.69 Å². The van der Waals surface area contributed by atoms with Crippen LogP contribution in [-0.2, 0) is 0 Å². The molecule has 0 aliphatic heterocycles. The number of rotatable bonds is 1. The summed E-state index contributed by atoms with van der Waals surface area (Å²) in [6.07, 6.45) is -2.76. The average Bonchev–Trinajstić information content (AvgIpc) is 1.99. The molecule has 0 amide bonds. The minimum absolute atomic E-state index is 0.134. The SMILES string of the molecule is O=c1cc(C(F)F)[nH]c(Br)c1O. The van der Waals surface area contributed by atoms with Crippen molar-refractivity contribution >= 4 is 15.9 Å². The molecule has 0 aliphatic carbocycles. The molecule has 66 valence electrons. The molecule has 0 atom stereocenters. The maximum atomic E-state index is 12.0. The lowest BCUT2D eigenvalue weighted by molar-refractivity contribution is 0.145. The summed E-state index contributed by atoms with van der Waals surface area (Å²) >= 11 is 2.73. The van der Waals surface area contributed by atoms with Crippen LogP contribution in [0.1, 0.15) is 12.1 Å². The molecule has 1 heterocycles. The smallest absolute Gasteiger partial charge is 0.278 e. The highest BCUT2D eigenvalue weighted by Crippen LogP contribution is 2.21. The molecule has 12 heavy (non-hydrogen) atoms. The molecule has 0 saturated heterocycles. The molecular formula is C6H4BrF2NO2. The molecule has 6 heteroatoms. The van der Waals surface area contributed by atoms with Crippen LogP contribution in [0.3, 0.4) is 0 Å². The number of halogens is 3. The standard InChI is InChI=1S/C6H4BrF2NO2/c7-5-4(12)3(11)1-2(10-5)6(8)9/h1,6,12H,(H,10,11). The molecule has 1 aromatic heterocycles. The second-order valence-electron chi connectivity index (χ2n) is 2.05. The first-order chi connectivity index (χ1) is 5.52. The van der Waals surface area contributed by atoms with Gasteiger partial charge in [-0.05, 0) is 15.9 Å².